The molecule has 2 aromatic rings. The van der Waals surface area contributed by atoms with Gasteiger partial charge in [-0.2, -0.15) is 0 Å². The number of aromatic amines is 1. The number of nitrogens with one attached hydrogen (secondary N) is 1. The summed E-state index contributed by atoms with van der Waals surface area (Å²) in [5.74, 6) is -0.366. The van der Waals surface area contributed by atoms with Crippen molar-refractivity contribution < 1.29 is 9.59 Å². The van der Waals surface area contributed by atoms with E-state index in [0.717, 1.165) is 16.5 Å². The minimum atomic E-state index is -0.261. The summed E-state index contributed by atoms with van der Waals surface area (Å²) in [5.41, 5.74) is 8.06. The van der Waals surface area contributed by atoms with Gasteiger partial charge in [-0.1, -0.05) is 12.1 Å². The number of benzene rings is 1. The van der Waals surface area contributed by atoms with Crippen LogP contribution in [0, 0.1) is 12.8 Å². The van der Waals surface area contributed by atoms with Crippen molar-refractivity contribution >= 4 is 22.7 Å². The van der Waals surface area contributed by atoms with Crippen molar-refractivity contribution in [2.24, 2.45) is 11.7 Å². The molecule has 1 aliphatic rings. The largest absolute Gasteiger partial charge is 0.369 e. The summed E-state index contributed by atoms with van der Waals surface area (Å²) in [6.07, 6.45) is 1.31. The van der Waals surface area contributed by atoms with Gasteiger partial charge in [0, 0.05) is 29.9 Å². The molecule has 0 saturated carbocycles. The average Bonchev–Trinajstić information content (AvgIpc) is 2.89. The van der Waals surface area contributed by atoms with Crippen LogP contribution in [0.3, 0.4) is 0 Å². The van der Waals surface area contributed by atoms with Crippen molar-refractivity contribution in [2.75, 3.05) is 13.1 Å². The molecule has 1 aromatic carbocycles. The van der Waals surface area contributed by atoms with Crippen LogP contribution in [0.15, 0.2) is 24.3 Å². The number of likely N-dealkylation sites (tertiary alicyclic amines) is 1. The number of primary amides is 1. The van der Waals surface area contributed by atoms with Gasteiger partial charge in [0.15, 0.2) is 0 Å². The number of amides is 2. The van der Waals surface area contributed by atoms with Crippen LogP contribution in [0.2, 0.25) is 0 Å². The van der Waals surface area contributed by atoms with Crippen molar-refractivity contribution in [3.8, 4) is 0 Å². The predicted molar refractivity (Wildman–Crippen MR) is 80.9 cm³/mol. The zero-order valence-electron chi connectivity index (χ0n) is 12.1. The van der Waals surface area contributed by atoms with E-state index >= 15 is 0 Å². The number of fused-ring (bicyclic) bond motifs is 1. The minimum Gasteiger partial charge on any atom is -0.369 e. The third-order valence-corrected chi connectivity index (χ3v) is 4.19. The third-order valence-electron chi connectivity index (χ3n) is 4.19. The molecule has 0 bridgehead atoms. The molecule has 0 unspecified atom stereocenters. The summed E-state index contributed by atoms with van der Waals surface area (Å²) < 4.78 is 0. The van der Waals surface area contributed by atoms with Crippen molar-refractivity contribution in [1.82, 2.24) is 9.88 Å². The number of aryl methyl sites for hydroxylation is 1. The number of H-pyrrole nitrogens is 1. The van der Waals surface area contributed by atoms with Gasteiger partial charge >= 0.3 is 0 Å². The van der Waals surface area contributed by atoms with Gasteiger partial charge in [0.2, 0.25) is 5.91 Å². The Morgan fingerprint density at radius 2 is 1.95 bits per heavy atom. The molecule has 1 fully saturated rings. The second kappa shape index (κ2) is 5.24. The molecule has 3 rings (SSSR count). The fourth-order valence-electron chi connectivity index (χ4n) is 2.89. The number of carbonyl (C=O) groups excluding carboxylic acids is 2. The number of piperidine rings is 1. The topological polar surface area (TPSA) is 79.2 Å². The van der Waals surface area contributed by atoms with E-state index in [2.05, 4.69) is 4.98 Å². The minimum absolute atomic E-state index is 0.00762. The van der Waals surface area contributed by atoms with Crippen LogP contribution in [0.5, 0.6) is 0 Å². The van der Waals surface area contributed by atoms with Gasteiger partial charge in [-0.3, -0.25) is 9.59 Å². The first-order valence-electron chi connectivity index (χ1n) is 7.22. The van der Waals surface area contributed by atoms with Crippen molar-refractivity contribution in [1.29, 1.82) is 0 Å². The quantitative estimate of drug-likeness (QED) is 0.882. The first kappa shape index (κ1) is 13.7. The lowest BCUT2D eigenvalue weighted by molar-refractivity contribution is -0.123. The van der Waals surface area contributed by atoms with Crippen LogP contribution in [-0.4, -0.2) is 34.8 Å². The molecule has 1 aromatic heterocycles. The van der Waals surface area contributed by atoms with Crippen molar-refractivity contribution in [2.45, 2.75) is 19.8 Å². The second-order valence-corrected chi connectivity index (χ2v) is 5.74. The van der Waals surface area contributed by atoms with E-state index in [1.54, 1.807) is 4.90 Å². The molecule has 0 radical (unpaired) electrons. The molecule has 5 heteroatoms. The first-order valence-corrected chi connectivity index (χ1v) is 7.22. The van der Waals surface area contributed by atoms with E-state index in [-0.39, 0.29) is 17.7 Å². The molecule has 0 atom stereocenters. The maximum atomic E-state index is 12.5. The summed E-state index contributed by atoms with van der Waals surface area (Å²) in [6, 6.07) is 7.96. The third kappa shape index (κ3) is 2.63. The van der Waals surface area contributed by atoms with Gasteiger partial charge in [-0.05, 0) is 37.5 Å². The summed E-state index contributed by atoms with van der Waals surface area (Å²) >= 11 is 0. The molecule has 1 aliphatic heterocycles. The maximum Gasteiger partial charge on any atom is 0.270 e. The lowest BCUT2D eigenvalue weighted by Gasteiger charge is -2.30. The Kier molecular flexibility index (Phi) is 3.41. The lowest BCUT2D eigenvalue weighted by Crippen LogP contribution is -2.41. The normalized spacial score (nSPS) is 16.3. The van der Waals surface area contributed by atoms with Gasteiger partial charge in [-0.15, -0.1) is 0 Å². The number of carbonyl (C=O) groups is 2. The van der Waals surface area contributed by atoms with Crippen LogP contribution in [0.4, 0.5) is 0 Å². The molecular weight excluding hydrogens is 266 g/mol. The number of hydrogen-bond donors (Lipinski definition) is 2. The van der Waals surface area contributed by atoms with Gasteiger partial charge < -0.3 is 15.6 Å². The Bertz CT molecular complexity index is 697. The van der Waals surface area contributed by atoms with Gasteiger partial charge in [0.1, 0.15) is 5.69 Å². The van der Waals surface area contributed by atoms with Crippen LogP contribution in [0.1, 0.15) is 28.9 Å². The number of hydrogen-bond acceptors (Lipinski definition) is 2. The molecule has 5 nitrogen and oxygen atoms in total. The molecular formula is C16H19N3O2. The van der Waals surface area contributed by atoms with Crippen molar-refractivity contribution in [3.63, 3.8) is 0 Å². The van der Waals surface area contributed by atoms with Gasteiger partial charge in [0.05, 0.1) is 0 Å². The van der Waals surface area contributed by atoms with E-state index in [1.807, 2.05) is 31.2 Å². The number of nitrogens with two attached hydrogens (primary N) is 1. The lowest BCUT2D eigenvalue weighted by atomic mass is 9.96. The van der Waals surface area contributed by atoms with Crippen LogP contribution < -0.4 is 5.73 Å². The molecule has 0 aliphatic carbocycles. The molecule has 2 heterocycles. The molecule has 21 heavy (non-hydrogen) atoms. The molecule has 3 N–H and O–H groups in total. The van der Waals surface area contributed by atoms with Gasteiger partial charge in [-0.25, -0.2) is 0 Å². The smallest absolute Gasteiger partial charge is 0.270 e. The zero-order chi connectivity index (χ0) is 15.0. The SMILES string of the molecule is Cc1ccc2cc(C(=O)N3CCC(C(N)=O)CC3)[nH]c2c1. The summed E-state index contributed by atoms with van der Waals surface area (Å²) in [5, 5.41) is 1.04. The average molecular weight is 285 g/mol. The number of aromatic nitrogens is 1. The fourth-order valence-corrected chi connectivity index (χ4v) is 2.89. The monoisotopic (exact) mass is 285 g/mol. The Balaban J connectivity index is 1.76. The predicted octanol–water partition coefficient (Wildman–Crippen LogP) is 1.81. The Morgan fingerprint density at radius 3 is 2.62 bits per heavy atom. The highest BCUT2D eigenvalue weighted by molar-refractivity contribution is 5.98. The van der Waals surface area contributed by atoms with E-state index in [4.69, 9.17) is 5.73 Å². The Morgan fingerprint density at radius 1 is 1.24 bits per heavy atom. The van der Waals surface area contributed by atoms with Crippen LogP contribution in [0.25, 0.3) is 10.9 Å². The highest BCUT2D eigenvalue weighted by atomic mass is 16.2. The number of rotatable bonds is 2. The van der Waals surface area contributed by atoms with E-state index < -0.39 is 0 Å². The van der Waals surface area contributed by atoms with E-state index in [1.165, 1.54) is 0 Å². The molecule has 110 valence electrons. The number of nitrogens with zero attached hydrogens (tertiary/aromatic N) is 1. The standard InChI is InChI=1S/C16H19N3O2/c1-10-2-3-12-9-14(18-13(12)8-10)16(21)19-6-4-11(5-7-19)15(17)20/h2-3,8-9,11,18H,4-7H2,1H3,(H2,17,20). The zero-order valence-corrected chi connectivity index (χ0v) is 12.1. The highest BCUT2D eigenvalue weighted by Crippen LogP contribution is 2.21. The van der Waals surface area contributed by atoms with E-state index in [9.17, 15) is 9.59 Å². The highest BCUT2D eigenvalue weighted by Gasteiger charge is 2.27. The Hall–Kier alpha value is -2.30. The van der Waals surface area contributed by atoms with Crippen molar-refractivity contribution in [3.05, 3.63) is 35.5 Å². The summed E-state index contributed by atoms with van der Waals surface area (Å²) in [6.45, 7) is 3.19. The molecule has 1 saturated heterocycles. The maximum absolute atomic E-state index is 12.5. The summed E-state index contributed by atoms with van der Waals surface area (Å²) in [4.78, 5) is 28.6. The van der Waals surface area contributed by atoms with Crippen LogP contribution in [-0.2, 0) is 4.79 Å². The van der Waals surface area contributed by atoms with E-state index in [0.29, 0.717) is 31.6 Å². The van der Waals surface area contributed by atoms with Gasteiger partial charge in [0.25, 0.3) is 5.91 Å². The second-order valence-electron chi connectivity index (χ2n) is 5.74. The first-order chi connectivity index (χ1) is 10.0. The van der Waals surface area contributed by atoms with Crippen LogP contribution >= 0.6 is 0 Å². The fraction of sp³-hybridized carbons (Fsp3) is 0.375. The summed E-state index contributed by atoms with van der Waals surface area (Å²) in [7, 11) is 0. The molecule has 0 spiro atoms. The Labute approximate surface area is 123 Å². The molecule has 2 amide bonds.